The van der Waals surface area contributed by atoms with Crippen LogP contribution in [-0.2, 0) is 17.8 Å². The second kappa shape index (κ2) is 4.03. The molecule has 1 aromatic heterocycles. The van der Waals surface area contributed by atoms with E-state index in [0.29, 0.717) is 23.1 Å². The topological polar surface area (TPSA) is 68.0 Å². The molecular weight excluding hydrogens is 206 g/mol. The zero-order chi connectivity index (χ0) is 11.5. The highest BCUT2D eigenvalue weighted by atomic mass is 16.4. The van der Waals surface area contributed by atoms with Gasteiger partial charge >= 0.3 is 5.97 Å². The van der Waals surface area contributed by atoms with Crippen molar-refractivity contribution in [1.29, 1.82) is 0 Å². The van der Waals surface area contributed by atoms with Crippen molar-refractivity contribution < 1.29 is 9.90 Å². The molecule has 0 radical (unpaired) electrons. The van der Waals surface area contributed by atoms with E-state index < -0.39 is 5.97 Å². The van der Waals surface area contributed by atoms with Gasteiger partial charge in [-0.15, -0.1) is 6.42 Å². The van der Waals surface area contributed by atoms with Crippen LogP contribution in [0, 0.1) is 12.3 Å². The molecule has 0 fully saturated rings. The van der Waals surface area contributed by atoms with E-state index in [1.165, 1.54) is 4.80 Å². The van der Waals surface area contributed by atoms with Crippen LogP contribution in [0.5, 0.6) is 0 Å². The molecule has 0 amide bonds. The molecule has 5 heteroatoms. The Kier molecular flexibility index (Phi) is 2.56. The number of carbonyl (C=O) groups is 1. The van der Waals surface area contributed by atoms with Crippen molar-refractivity contribution >= 4 is 17.0 Å². The molecule has 0 saturated heterocycles. The molecule has 0 saturated carbocycles. The summed E-state index contributed by atoms with van der Waals surface area (Å²) in [6.07, 6.45) is 5.13. The number of benzene rings is 1. The third kappa shape index (κ3) is 2.01. The summed E-state index contributed by atoms with van der Waals surface area (Å²) in [4.78, 5) is 12.0. The van der Waals surface area contributed by atoms with Crippen molar-refractivity contribution in [3.63, 3.8) is 0 Å². The number of nitrogens with zero attached hydrogens (tertiary/aromatic N) is 3. The number of aliphatic carboxylic acids is 1. The zero-order valence-corrected chi connectivity index (χ0v) is 8.42. The minimum Gasteiger partial charge on any atom is -0.481 e. The van der Waals surface area contributed by atoms with E-state index >= 15 is 0 Å². The van der Waals surface area contributed by atoms with Gasteiger partial charge in [-0.3, -0.25) is 4.79 Å². The number of terminal acetylenes is 1. The first-order chi connectivity index (χ1) is 7.69. The van der Waals surface area contributed by atoms with Crippen LogP contribution in [-0.4, -0.2) is 26.1 Å². The van der Waals surface area contributed by atoms with E-state index in [2.05, 4.69) is 16.1 Å². The van der Waals surface area contributed by atoms with Crippen LogP contribution in [0.2, 0.25) is 0 Å². The van der Waals surface area contributed by atoms with Gasteiger partial charge in [-0.05, 0) is 17.7 Å². The lowest BCUT2D eigenvalue weighted by Gasteiger charge is -1.94. The molecule has 0 aliphatic carbocycles. The third-order valence-corrected chi connectivity index (χ3v) is 2.07. The number of hydrogen-bond acceptors (Lipinski definition) is 3. The lowest BCUT2D eigenvalue weighted by molar-refractivity contribution is -0.136. The van der Waals surface area contributed by atoms with Gasteiger partial charge in [0.25, 0.3) is 0 Å². The fourth-order valence-corrected chi connectivity index (χ4v) is 1.44. The highest BCUT2D eigenvalue weighted by Gasteiger charge is 2.05. The van der Waals surface area contributed by atoms with Crippen LogP contribution in [0.4, 0.5) is 0 Å². The van der Waals surface area contributed by atoms with Gasteiger partial charge in [0.2, 0.25) is 0 Å². The summed E-state index contributed by atoms with van der Waals surface area (Å²) < 4.78 is 0. The molecule has 1 aromatic carbocycles. The first kappa shape index (κ1) is 10.2. The smallest absolute Gasteiger partial charge is 0.307 e. The van der Waals surface area contributed by atoms with Crippen molar-refractivity contribution in [3.05, 3.63) is 23.8 Å². The van der Waals surface area contributed by atoms with Crippen molar-refractivity contribution in [3.8, 4) is 12.3 Å². The largest absolute Gasteiger partial charge is 0.481 e. The summed E-state index contributed by atoms with van der Waals surface area (Å²) in [7, 11) is 0. The fourth-order valence-electron chi connectivity index (χ4n) is 1.44. The van der Waals surface area contributed by atoms with Gasteiger partial charge in [0.15, 0.2) is 0 Å². The minimum atomic E-state index is -0.865. The molecule has 0 aliphatic rings. The lowest BCUT2D eigenvalue weighted by Crippen LogP contribution is -1.99. The number of hydrogen-bond donors (Lipinski definition) is 1. The van der Waals surface area contributed by atoms with Gasteiger partial charge in [-0.1, -0.05) is 12.0 Å². The summed E-state index contributed by atoms with van der Waals surface area (Å²) in [5.74, 6) is 1.57. The molecule has 2 rings (SSSR count). The highest BCUT2D eigenvalue weighted by Crippen LogP contribution is 2.12. The fraction of sp³-hybridized carbons (Fsp3) is 0.182. The van der Waals surface area contributed by atoms with Gasteiger partial charge in [0.1, 0.15) is 17.6 Å². The molecule has 1 N–H and O–H groups in total. The summed E-state index contributed by atoms with van der Waals surface area (Å²) in [5.41, 5.74) is 2.08. The number of aromatic nitrogens is 3. The summed E-state index contributed by atoms with van der Waals surface area (Å²) in [5, 5.41) is 16.9. The van der Waals surface area contributed by atoms with E-state index in [1.807, 2.05) is 0 Å². The van der Waals surface area contributed by atoms with E-state index in [1.54, 1.807) is 18.2 Å². The lowest BCUT2D eigenvalue weighted by atomic mass is 10.1. The molecule has 16 heavy (non-hydrogen) atoms. The van der Waals surface area contributed by atoms with Gasteiger partial charge in [-0.2, -0.15) is 15.0 Å². The van der Waals surface area contributed by atoms with Gasteiger partial charge < -0.3 is 5.11 Å². The van der Waals surface area contributed by atoms with Crippen LogP contribution in [0.25, 0.3) is 11.0 Å². The molecule has 0 spiro atoms. The highest BCUT2D eigenvalue weighted by molar-refractivity contribution is 5.77. The Hall–Kier alpha value is -2.35. The Balaban J connectivity index is 2.38. The maximum atomic E-state index is 10.5. The van der Waals surface area contributed by atoms with Crippen LogP contribution in [0.1, 0.15) is 5.56 Å². The predicted octanol–water partition coefficient (Wildman–Crippen LogP) is 0.692. The minimum absolute atomic E-state index is 0.0159. The zero-order valence-electron chi connectivity index (χ0n) is 8.42. The van der Waals surface area contributed by atoms with E-state index in [9.17, 15) is 4.79 Å². The van der Waals surface area contributed by atoms with Crippen molar-refractivity contribution in [2.75, 3.05) is 0 Å². The molecule has 5 nitrogen and oxygen atoms in total. The van der Waals surface area contributed by atoms with Crippen LogP contribution in [0.15, 0.2) is 18.2 Å². The van der Waals surface area contributed by atoms with Gasteiger partial charge in [-0.25, -0.2) is 0 Å². The molecule has 2 aromatic rings. The van der Waals surface area contributed by atoms with Crippen LogP contribution < -0.4 is 0 Å². The average Bonchev–Trinajstić information content (AvgIpc) is 2.59. The van der Waals surface area contributed by atoms with Crippen LogP contribution in [0.3, 0.4) is 0 Å². The Morgan fingerprint density at radius 1 is 1.44 bits per heavy atom. The average molecular weight is 215 g/mol. The Morgan fingerprint density at radius 2 is 2.19 bits per heavy atom. The molecule has 0 unspecified atom stereocenters. The summed E-state index contributed by atoms with van der Waals surface area (Å²) >= 11 is 0. The Morgan fingerprint density at radius 3 is 2.88 bits per heavy atom. The normalized spacial score (nSPS) is 10.2. The standard InChI is InChI=1S/C11H9N3O2/c1-2-5-14-12-9-4-3-8(7-11(15)16)6-10(9)13-14/h1,3-4,6H,5,7H2,(H,15,16). The van der Waals surface area contributed by atoms with Gasteiger partial charge in [0, 0.05) is 0 Å². The number of carboxylic acids is 1. The molecular formula is C11H9N3O2. The predicted molar refractivity (Wildman–Crippen MR) is 57.7 cm³/mol. The SMILES string of the molecule is C#CCn1nc2ccc(CC(=O)O)cc2n1. The second-order valence-electron chi connectivity index (χ2n) is 3.33. The second-order valence-corrected chi connectivity index (χ2v) is 3.33. The summed E-state index contributed by atoms with van der Waals surface area (Å²) in [6.45, 7) is 0.308. The first-order valence-corrected chi connectivity index (χ1v) is 4.68. The number of carboxylic acid groups (broad SMARTS) is 1. The Bertz CT molecular complexity index is 580. The van der Waals surface area contributed by atoms with E-state index in [-0.39, 0.29) is 6.42 Å². The van der Waals surface area contributed by atoms with E-state index in [4.69, 9.17) is 11.5 Å². The van der Waals surface area contributed by atoms with Crippen LogP contribution >= 0.6 is 0 Å². The maximum Gasteiger partial charge on any atom is 0.307 e. The number of rotatable bonds is 3. The van der Waals surface area contributed by atoms with Crippen molar-refractivity contribution in [2.45, 2.75) is 13.0 Å². The molecule has 80 valence electrons. The number of fused-ring (bicyclic) bond motifs is 1. The van der Waals surface area contributed by atoms with Crippen molar-refractivity contribution in [2.24, 2.45) is 0 Å². The third-order valence-electron chi connectivity index (χ3n) is 2.07. The molecule has 0 bridgehead atoms. The Labute approximate surface area is 91.7 Å². The molecule has 1 heterocycles. The maximum absolute atomic E-state index is 10.5. The first-order valence-electron chi connectivity index (χ1n) is 4.68. The molecule has 0 aliphatic heterocycles. The quantitative estimate of drug-likeness (QED) is 0.765. The monoisotopic (exact) mass is 215 g/mol. The molecule has 0 atom stereocenters. The summed E-state index contributed by atoms with van der Waals surface area (Å²) in [6, 6.07) is 5.18. The van der Waals surface area contributed by atoms with E-state index in [0.717, 1.165) is 0 Å². The van der Waals surface area contributed by atoms with Gasteiger partial charge in [0.05, 0.1) is 6.42 Å². The van der Waals surface area contributed by atoms with Crippen molar-refractivity contribution in [1.82, 2.24) is 15.0 Å².